The Morgan fingerprint density at radius 3 is 2.75 bits per heavy atom. The number of nitrogens with one attached hydrogen (secondary N) is 1. The molecule has 0 aliphatic carbocycles. The molecule has 8 heteroatoms. The minimum Gasteiger partial charge on any atom is -0.383 e. The molecule has 0 amide bonds. The molecule has 3 nitrogen and oxygen atoms in total. The van der Waals surface area contributed by atoms with E-state index in [0.29, 0.717) is 23.9 Å². The van der Waals surface area contributed by atoms with E-state index in [0.717, 1.165) is 12.3 Å². The summed E-state index contributed by atoms with van der Waals surface area (Å²) in [6.45, 7) is 3.27. The van der Waals surface area contributed by atoms with Crippen molar-refractivity contribution >= 4 is 23.4 Å². The molecule has 1 aromatic heterocycles. The maximum atomic E-state index is 12.4. The highest BCUT2D eigenvalue weighted by Crippen LogP contribution is 2.33. The Balaban J connectivity index is 2.45. The van der Waals surface area contributed by atoms with Gasteiger partial charge in [0.2, 0.25) is 0 Å². The molecule has 1 aromatic rings. The molecule has 1 rings (SSSR count). The van der Waals surface area contributed by atoms with E-state index in [1.807, 2.05) is 6.92 Å². The van der Waals surface area contributed by atoms with Gasteiger partial charge in [-0.3, -0.25) is 0 Å². The van der Waals surface area contributed by atoms with Crippen molar-refractivity contribution in [3.63, 3.8) is 0 Å². The molecule has 0 saturated heterocycles. The zero-order valence-electron chi connectivity index (χ0n) is 11.1. The maximum Gasteiger partial charge on any atom is 0.417 e. The van der Waals surface area contributed by atoms with Crippen LogP contribution < -0.4 is 5.32 Å². The van der Waals surface area contributed by atoms with Gasteiger partial charge in [0, 0.05) is 31.6 Å². The predicted molar refractivity (Wildman–Crippen MR) is 74.3 cm³/mol. The summed E-state index contributed by atoms with van der Waals surface area (Å²) in [6.07, 6.45) is -3.62. The Hall–Kier alpha value is -0.500. The molecular formula is C12H16ClF3N2OS. The van der Waals surface area contributed by atoms with Crippen LogP contribution >= 0.6 is 23.4 Å². The van der Waals surface area contributed by atoms with Crippen molar-refractivity contribution in [3.8, 4) is 0 Å². The summed E-state index contributed by atoms with van der Waals surface area (Å²) in [5.74, 6) is 0.659. The third-order valence-corrected chi connectivity index (χ3v) is 3.79. The highest BCUT2D eigenvalue weighted by atomic mass is 35.5. The fraction of sp³-hybridized carbons (Fsp3) is 0.583. The van der Waals surface area contributed by atoms with Crippen LogP contribution in [-0.2, 0) is 10.9 Å². The summed E-state index contributed by atoms with van der Waals surface area (Å²) in [6, 6.07) is 1.12. The number of hydrogen-bond acceptors (Lipinski definition) is 4. The fourth-order valence-corrected chi connectivity index (χ4v) is 2.52. The van der Waals surface area contributed by atoms with E-state index in [1.54, 1.807) is 7.11 Å². The van der Waals surface area contributed by atoms with Crippen molar-refractivity contribution in [2.24, 2.45) is 0 Å². The molecule has 20 heavy (non-hydrogen) atoms. The van der Waals surface area contributed by atoms with Crippen LogP contribution in [0.5, 0.6) is 0 Å². The molecule has 0 spiro atoms. The minimum absolute atomic E-state index is 0.0229. The first-order valence-electron chi connectivity index (χ1n) is 5.92. The minimum atomic E-state index is -4.42. The normalized spacial score (nSPS) is 13.5. The second-order valence-corrected chi connectivity index (χ2v) is 5.66. The van der Waals surface area contributed by atoms with Gasteiger partial charge in [0.1, 0.15) is 5.03 Å². The zero-order valence-corrected chi connectivity index (χ0v) is 12.7. The molecule has 1 unspecified atom stereocenters. The monoisotopic (exact) mass is 328 g/mol. The lowest BCUT2D eigenvalue weighted by molar-refractivity contribution is -0.137. The Morgan fingerprint density at radius 1 is 1.50 bits per heavy atom. The van der Waals surface area contributed by atoms with Crippen LogP contribution in [0.3, 0.4) is 0 Å². The number of pyridine rings is 1. The average molecular weight is 329 g/mol. The van der Waals surface area contributed by atoms with Crippen molar-refractivity contribution in [1.29, 1.82) is 0 Å². The standard InChI is InChI=1S/C12H16ClF3N2OS/c1-8(7-19-2)17-3-4-20-11-10(13)5-9(6-18-11)12(14,15)16/h5-6,8,17H,3-4,7H2,1-2H3. The number of hydrogen-bond donors (Lipinski definition) is 1. The van der Waals surface area contributed by atoms with Gasteiger partial charge in [0.15, 0.2) is 0 Å². The molecule has 0 aliphatic heterocycles. The van der Waals surface area contributed by atoms with Crippen molar-refractivity contribution in [2.75, 3.05) is 26.0 Å². The van der Waals surface area contributed by atoms with Crippen LogP contribution in [0, 0.1) is 0 Å². The van der Waals surface area contributed by atoms with E-state index in [2.05, 4.69) is 10.3 Å². The van der Waals surface area contributed by atoms with Gasteiger partial charge < -0.3 is 10.1 Å². The Labute approximate surface area is 125 Å². The van der Waals surface area contributed by atoms with Gasteiger partial charge in [-0.2, -0.15) is 13.2 Å². The quantitative estimate of drug-likeness (QED) is 0.614. The van der Waals surface area contributed by atoms with Crippen LogP contribution in [-0.4, -0.2) is 37.0 Å². The summed E-state index contributed by atoms with van der Waals surface area (Å²) in [5, 5.41) is 3.64. The number of thioether (sulfide) groups is 1. The number of ether oxygens (including phenoxy) is 1. The molecule has 1 N–H and O–H groups in total. The molecule has 0 fully saturated rings. The van der Waals surface area contributed by atoms with Gasteiger partial charge in [-0.25, -0.2) is 4.98 Å². The fourth-order valence-electron chi connectivity index (χ4n) is 1.45. The Bertz CT molecular complexity index is 432. The number of aromatic nitrogens is 1. The highest BCUT2D eigenvalue weighted by molar-refractivity contribution is 7.99. The van der Waals surface area contributed by atoms with Gasteiger partial charge in [-0.05, 0) is 13.0 Å². The summed E-state index contributed by atoms with van der Waals surface area (Å²) < 4.78 is 42.3. The van der Waals surface area contributed by atoms with E-state index in [1.165, 1.54) is 11.8 Å². The Morgan fingerprint density at radius 2 is 2.20 bits per heavy atom. The topological polar surface area (TPSA) is 34.1 Å². The molecule has 1 atom stereocenters. The van der Waals surface area contributed by atoms with Crippen molar-refractivity contribution in [2.45, 2.75) is 24.2 Å². The van der Waals surface area contributed by atoms with Crippen LogP contribution in [0.25, 0.3) is 0 Å². The molecule has 114 valence electrons. The average Bonchev–Trinajstić information content (AvgIpc) is 2.35. The largest absolute Gasteiger partial charge is 0.417 e. The maximum absolute atomic E-state index is 12.4. The van der Waals surface area contributed by atoms with Crippen molar-refractivity contribution in [1.82, 2.24) is 10.3 Å². The van der Waals surface area contributed by atoms with Gasteiger partial charge >= 0.3 is 6.18 Å². The third kappa shape index (κ3) is 5.87. The summed E-state index contributed by atoms with van der Waals surface area (Å²) in [7, 11) is 1.62. The van der Waals surface area contributed by atoms with E-state index in [-0.39, 0.29) is 11.1 Å². The molecule has 0 radical (unpaired) electrons. The number of alkyl halides is 3. The lowest BCUT2D eigenvalue weighted by Crippen LogP contribution is -2.31. The lowest BCUT2D eigenvalue weighted by atomic mass is 10.3. The summed E-state index contributed by atoms with van der Waals surface area (Å²) in [5.41, 5.74) is -0.835. The summed E-state index contributed by atoms with van der Waals surface area (Å²) in [4.78, 5) is 3.76. The third-order valence-electron chi connectivity index (χ3n) is 2.39. The van der Waals surface area contributed by atoms with Gasteiger partial charge in [0.25, 0.3) is 0 Å². The molecule has 0 bridgehead atoms. The summed E-state index contributed by atoms with van der Waals surface area (Å²) >= 11 is 7.12. The number of methoxy groups -OCH3 is 1. The van der Waals surface area contributed by atoms with E-state index < -0.39 is 11.7 Å². The SMILES string of the molecule is COCC(C)NCCSc1ncc(C(F)(F)F)cc1Cl. The first-order valence-corrected chi connectivity index (χ1v) is 7.28. The van der Waals surface area contributed by atoms with Crippen LogP contribution in [0.15, 0.2) is 17.3 Å². The predicted octanol–water partition coefficient (Wildman–Crippen LogP) is 3.47. The van der Waals surface area contributed by atoms with Gasteiger partial charge in [0.05, 0.1) is 17.2 Å². The first-order chi connectivity index (χ1) is 9.34. The zero-order chi connectivity index (χ0) is 15.2. The van der Waals surface area contributed by atoms with Crippen molar-refractivity contribution in [3.05, 3.63) is 22.8 Å². The van der Waals surface area contributed by atoms with Crippen molar-refractivity contribution < 1.29 is 17.9 Å². The smallest absolute Gasteiger partial charge is 0.383 e. The van der Waals surface area contributed by atoms with Crippen LogP contribution in [0.4, 0.5) is 13.2 Å². The number of nitrogens with zero attached hydrogens (tertiary/aromatic N) is 1. The van der Waals surface area contributed by atoms with Gasteiger partial charge in [-0.15, -0.1) is 11.8 Å². The molecule has 0 aromatic carbocycles. The molecular weight excluding hydrogens is 313 g/mol. The molecule has 1 heterocycles. The van der Waals surface area contributed by atoms with Crippen LogP contribution in [0.2, 0.25) is 5.02 Å². The second-order valence-electron chi connectivity index (χ2n) is 4.17. The lowest BCUT2D eigenvalue weighted by Gasteiger charge is -2.12. The van der Waals surface area contributed by atoms with Gasteiger partial charge in [-0.1, -0.05) is 11.6 Å². The van der Waals surface area contributed by atoms with E-state index >= 15 is 0 Å². The van der Waals surface area contributed by atoms with Crippen LogP contribution in [0.1, 0.15) is 12.5 Å². The first kappa shape index (κ1) is 17.6. The number of rotatable bonds is 7. The highest BCUT2D eigenvalue weighted by Gasteiger charge is 2.31. The Kier molecular flexibility index (Phi) is 7.08. The molecule has 0 aliphatic rings. The van der Waals surface area contributed by atoms with E-state index in [9.17, 15) is 13.2 Å². The second kappa shape index (κ2) is 8.07. The van der Waals surface area contributed by atoms with E-state index in [4.69, 9.17) is 16.3 Å². The number of halogens is 4. The molecule has 0 saturated carbocycles.